The lowest BCUT2D eigenvalue weighted by Gasteiger charge is -2.19. The molecule has 1 aromatic carbocycles. The number of H-pyrrole nitrogens is 2. The number of imide groups is 1. The van der Waals surface area contributed by atoms with Crippen LogP contribution in [0.3, 0.4) is 0 Å². The molecule has 1 saturated carbocycles. The van der Waals surface area contributed by atoms with E-state index < -0.39 is 0 Å². The number of hydrogen-bond donors (Lipinski definition) is 2. The topological polar surface area (TPSA) is 112 Å². The molecular weight excluding hydrogens is 390 g/mol. The maximum atomic E-state index is 12.7. The molecule has 0 radical (unpaired) electrons. The number of amides is 2. The zero-order valence-corrected chi connectivity index (χ0v) is 16.4. The van der Waals surface area contributed by atoms with Gasteiger partial charge >= 0.3 is 0 Å². The third-order valence-electron chi connectivity index (χ3n) is 5.68. The van der Waals surface area contributed by atoms with E-state index in [1.54, 1.807) is 0 Å². The van der Waals surface area contributed by atoms with Crippen LogP contribution in [0.1, 0.15) is 31.2 Å². The average Bonchev–Trinajstić information content (AvgIpc) is 3.27. The minimum absolute atomic E-state index is 0.0539. The highest BCUT2D eigenvalue weighted by Crippen LogP contribution is 2.40. The van der Waals surface area contributed by atoms with Gasteiger partial charge in [0.1, 0.15) is 0 Å². The summed E-state index contributed by atoms with van der Waals surface area (Å²) in [6.07, 6.45) is 5.00. The van der Waals surface area contributed by atoms with E-state index in [1.807, 2.05) is 24.3 Å². The molecule has 2 N–H and O–H groups in total. The van der Waals surface area contributed by atoms with Crippen LogP contribution in [0.4, 0.5) is 5.69 Å². The molecule has 5 rings (SSSR count). The number of aromatic amines is 2. The van der Waals surface area contributed by atoms with Gasteiger partial charge in [0.05, 0.1) is 23.9 Å². The van der Waals surface area contributed by atoms with Crippen molar-refractivity contribution in [2.24, 2.45) is 11.8 Å². The fourth-order valence-corrected chi connectivity index (χ4v) is 5.02. The molecule has 3 heterocycles. The van der Waals surface area contributed by atoms with Crippen LogP contribution >= 0.6 is 11.8 Å². The van der Waals surface area contributed by atoms with Crippen LogP contribution in [0.25, 0.3) is 11.2 Å². The van der Waals surface area contributed by atoms with Gasteiger partial charge in [-0.05, 0) is 30.5 Å². The van der Waals surface area contributed by atoms with Gasteiger partial charge in [0.2, 0.25) is 11.8 Å². The molecule has 29 heavy (non-hydrogen) atoms. The third kappa shape index (κ3) is 3.15. The number of hydrogen-bond acceptors (Lipinski definition) is 6. The SMILES string of the molecule is O=C1C2CCCCC2C(=O)N1c1ccc(CSc2nc3nc[nH]c(=O)c3[nH]2)cc1. The highest BCUT2D eigenvalue weighted by molar-refractivity contribution is 7.98. The summed E-state index contributed by atoms with van der Waals surface area (Å²) < 4.78 is 0. The van der Waals surface area contributed by atoms with Gasteiger partial charge in [0.25, 0.3) is 5.56 Å². The Balaban J connectivity index is 1.30. The maximum absolute atomic E-state index is 12.7. The highest BCUT2D eigenvalue weighted by atomic mass is 32.2. The van der Waals surface area contributed by atoms with Gasteiger partial charge in [-0.25, -0.2) is 9.97 Å². The number of rotatable bonds is 4. The first-order valence-corrected chi connectivity index (χ1v) is 10.6. The van der Waals surface area contributed by atoms with Crippen molar-refractivity contribution in [1.82, 2.24) is 19.9 Å². The van der Waals surface area contributed by atoms with Gasteiger partial charge in [-0.3, -0.25) is 19.3 Å². The Hall–Kier alpha value is -2.94. The number of carbonyl (C=O) groups is 2. The van der Waals surface area contributed by atoms with Gasteiger partial charge in [-0.15, -0.1) is 0 Å². The van der Waals surface area contributed by atoms with E-state index >= 15 is 0 Å². The van der Waals surface area contributed by atoms with Crippen LogP contribution < -0.4 is 10.5 Å². The van der Waals surface area contributed by atoms with Crippen LogP contribution in [0, 0.1) is 11.8 Å². The molecule has 8 nitrogen and oxygen atoms in total. The largest absolute Gasteiger partial charge is 0.327 e. The average molecular weight is 409 g/mol. The number of nitrogens with one attached hydrogen (secondary N) is 2. The van der Waals surface area contributed by atoms with Crippen LogP contribution in [-0.4, -0.2) is 31.8 Å². The van der Waals surface area contributed by atoms with Crippen molar-refractivity contribution < 1.29 is 9.59 Å². The Bertz CT molecular complexity index is 1130. The van der Waals surface area contributed by atoms with Crippen LogP contribution in [0.15, 0.2) is 40.5 Å². The van der Waals surface area contributed by atoms with E-state index in [0.717, 1.165) is 31.2 Å². The summed E-state index contributed by atoms with van der Waals surface area (Å²) in [7, 11) is 0. The van der Waals surface area contributed by atoms with Crippen molar-refractivity contribution in [1.29, 1.82) is 0 Å². The molecule has 2 amide bonds. The van der Waals surface area contributed by atoms with E-state index in [2.05, 4.69) is 19.9 Å². The molecule has 148 valence electrons. The first kappa shape index (κ1) is 18.1. The number of nitrogens with zero attached hydrogens (tertiary/aromatic N) is 3. The van der Waals surface area contributed by atoms with Crippen molar-refractivity contribution in [2.75, 3.05) is 4.90 Å². The van der Waals surface area contributed by atoms with Crippen LogP contribution in [0.5, 0.6) is 0 Å². The number of anilines is 1. The molecule has 1 saturated heterocycles. The Morgan fingerprint density at radius 1 is 1.03 bits per heavy atom. The maximum Gasteiger partial charge on any atom is 0.276 e. The normalized spacial score (nSPS) is 21.7. The summed E-state index contributed by atoms with van der Waals surface area (Å²) in [6, 6.07) is 7.49. The molecule has 0 bridgehead atoms. The Kier molecular flexibility index (Phi) is 4.46. The molecule has 9 heteroatoms. The number of carbonyl (C=O) groups excluding carboxylic acids is 2. The van der Waals surface area contributed by atoms with Gasteiger partial charge < -0.3 is 9.97 Å². The number of benzene rings is 1. The summed E-state index contributed by atoms with van der Waals surface area (Å²) >= 11 is 1.46. The standard InChI is InChI=1S/C20H19N5O3S/c26-17-15-16(21-10-22-17)24-20(23-15)29-9-11-5-7-12(8-6-11)25-18(27)13-3-1-2-4-14(13)19(25)28/h5-8,10,13-14H,1-4,9H2,(H2,21,22,23,24,26). The predicted molar refractivity (Wildman–Crippen MR) is 108 cm³/mol. The van der Waals surface area contributed by atoms with Crippen molar-refractivity contribution in [3.8, 4) is 0 Å². The zero-order valence-electron chi connectivity index (χ0n) is 15.6. The van der Waals surface area contributed by atoms with E-state index in [9.17, 15) is 14.4 Å². The minimum Gasteiger partial charge on any atom is -0.327 e. The number of fused-ring (bicyclic) bond motifs is 2. The lowest BCUT2D eigenvalue weighted by Crippen LogP contribution is -2.30. The fourth-order valence-electron chi connectivity index (χ4n) is 4.20. The van der Waals surface area contributed by atoms with Crippen LogP contribution in [0.2, 0.25) is 0 Å². The van der Waals surface area contributed by atoms with Crippen molar-refractivity contribution in [2.45, 2.75) is 36.6 Å². The summed E-state index contributed by atoms with van der Waals surface area (Å²) in [6.45, 7) is 0. The molecule has 2 aromatic heterocycles. The second-order valence-corrected chi connectivity index (χ2v) is 8.40. The summed E-state index contributed by atoms with van der Waals surface area (Å²) in [5.41, 5.74) is 2.16. The molecular formula is C20H19N5O3S. The molecule has 2 unspecified atom stereocenters. The molecule has 2 aliphatic rings. The summed E-state index contributed by atoms with van der Waals surface area (Å²) in [5.74, 6) is 0.238. The predicted octanol–water partition coefficient (Wildman–Crippen LogP) is 2.62. The molecule has 1 aliphatic heterocycles. The van der Waals surface area contributed by atoms with E-state index in [4.69, 9.17) is 0 Å². The quantitative estimate of drug-likeness (QED) is 0.506. The lowest BCUT2D eigenvalue weighted by molar-refractivity contribution is -0.122. The first-order valence-electron chi connectivity index (χ1n) is 9.65. The lowest BCUT2D eigenvalue weighted by atomic mass is 9.81. The van der Waals surface area contributed by atoms with Crippen molar-refractivity contribution >= 4 is 40.4 Å². The first-order chi connectivity index (χ1) is 14.1. The molecule has 0 spiro atoms. The summed E-state index contributed by atoms with van der Waals surface area (Å²) in [5, 5.41) is 0.613. The fraction of sp³-hybridized carbons (Fsp3) is 0.350. The molecule has 1 aliphatic carbocycles. The Labute approximate surface area is 170 Å². The molecule has 3 aromatic rings. The van der Waals surface area contributed by atoms with Crippen LogP contribution in [-0.2, 0) is 15.3 Å². The second-order valence-electron chi connectivity index (χ2n) is 7.44. The minimum atomic E-state index is -0.251. The summed E-state index contributed by atoms with van der Waals surface area (Å²) in [4.78, 5) is 52.4. The van der Waals surface area contributed by atoms with E-state index in [0.29, 0.717) is 27.8 Å². The molecule has 2 atom stereocenters. The number of thioether (sulfide) groups is 1. The van der Waals surface area contributed by atoms with E-state index in [-0.39, 0.29) is 29.2 Å². The Morgan fingerprint density at radius 3 is 2.38 bits per heavy atom. The smallest absolute Gasteiger partial charge is 0.276 e. The zero-order chi connectivity index (χ0) is 20.0. The number of aromatic nitrogens is 4. The van der Waals surface area contributed by atoms with Gasteiger partial charge in [0, 0.05) is 5.75 Å². The monoisotopic (exact) mass is 409 g/mol. The van der Waals surface area contributed by atoms with E-state index in [1.165, 1.54) is 23.0 Å². The highest BCUT2D eigenvalue weighted by Gasteiger charge is 2.48. The third-order valence-corrected chi connectivity index (χ3v) is 6.63. The van der Waals surface area contributed by atoms with Crippen molar-refractivity contribution in [3.05, 3.63) is 46.5 Å². The van der Waals surface area contributed by atoms with Gasteiger partial charge in [0.15, 0.2) is 16.3 Å². The molecule has 2 fully saturated rings. The Morgan fingerprint density at radius 2 is 1.72 bits per heavy atom. The van der Waals surface area contributed by atoms with Crippen molar-refractivity contribution in [3.63, 3.8) is 0 Å². The second kappa shape index (κ2) is 7.14. The van der Waals surface area contributed by atoms with Gasteiger partial charge in [-0.2, -0.15) is 0 Å². The van der Waals surface area contributed by atoms with Gasteiger partial charge in [-0.1, -0.05) is 36.7 Å². The number of imidazole rings is 1.